The van der Waals surface area contributed by atoms with Crippen LogP contribution in [0.1, 0.15) is 35.3 Å². The van der Waals surface area contributed by atoms with Crippen LogP contribution in [-0.4, -0.2) is 15.9 Å². The first kappa shape index (κ1) is 19.0. The van der Waals surface area contributed by atoms with E-state index in [0.717, 1.165) is 23.1 Å². The summed E-state index contributed by atoms with van der Waals surface area (Å²) < 4.78 is 0. The van der Waals surface area contributed by atoms with Crippen LogP contribution in [0, 0.1) is 0 Å². The summed E-state index contributed by atoms with van der Waals surface area (Å²) >= 11 is 1.59. The van der Waals surface area contributed by atoms with Crippen LogP contribution in [0.3, 0.4) is 0 Å². The Balaban J connectivity index is 1.91. The van der Waals surface area contributed by atoms with Gasteiger partial charge in [0.2, 0.25) is 0 Å². The number of thiophene rings is 1. The van der Waals surface area contributed by atoms with Crippen LogP contribution in [0.15, 0.2) is 65.6 Å². The maximum absolute atomic E-state index is 12.1. The number of nitrogens with zero attached hydrogens (tertiary/aromatic N) is 3. The Labute approximate surface area is 172 Å². The van der Waals surface area contributed by atoms with Gasteiger partial charge in [0.15, 0.2) is 5.82 Å². The largest absolute Gasteiger partial charge is 0.366 e. The number of amides is 1. The second-order valence-electron chi connectivity index (χ2n) is 6.74. The normalized spacial score (nSPS) is 12.1. The lowest BCUT2D eigenvalue weighted by atomic mass is 10.00. The maximum atomic E-state index is 12.1. The first-order chi connectivity index (χ1) is 14.1. The van der Waals surface area contributed by atoms with E-state index in [-0.39, 0.29) is 6.04 Å². The van der Waals surface area contributed by atoms with E-state index in [0.29, 0.717) is 22.3 Å². The standard InChI is InChI=1S/C22H21N5OS/c1-2-19(14-6-4-3-5-7-14)27(24)22-18-11-16(15-8-9-29-12-15)10-17(21(23)28)20(18)25-13-26-22/h3-13,19H,2,24H2,1H3,(H2,23,28). The number of primary amides is 1. The molecule has 0 saturated heterocycles. The van der Waals surface area contributed by atoms with Gasteiger partial charge in [0.1, 0.15) is 6.33 Å². The highest BCUT2D eigenvalue weighted by molar-refractivity contribution is 7.08. The van der Waals surface area contributed by atoms with Crippen molar-refractivity contribution in [2.45, 2.75) is 19.4 Å². The number of nitrogens with two attached hydrogens (primary N) is 2. The molecule has 0 aliphatic rings. The van der Waals surface area contributed by atoms with Gasteiger partial charge in [-0.2, -0.15) is 11.3 Å². The average molecular weight is 404 g/mol. The molecule has 1 unspecified atom stereocenters. The second-order valence-corrected chi connectivity index (χ2v) is 7.52. The molecule has 0 aliphatic carbocycles. The molecular weight excluding hydrogens is 382 g/mol. The Hall–Kier alpha value is -3.29. The Kier molecular flexibility index (Phi) is 5.24. The molecule has 0 spiro atoms. The molecule has 2 heterocycles. The molecule has 0 aliphatic heterocycles. The van der Waals surface area contributed by atoms with Crippen molar-refractivity contribution in [3.8, 4) is 11.1 Å². The molecular formula is C22H21N5OS. The van der Waals surface area contributed by atoms with Crippen LogP contribution in [0.2, 0.25) is 0 Å². The number of anilines is 1. The van der Waals surface area contributed by atoms with Crippen LogP contribution < -0.4 is 16.6 Å². The fourth-order valence-corrected chi connectivity index (χ4v) is 4.22. The Bertz CT molecular complexity index is 1140. The molecule has 7 heteroatoms. The van der Waals surface area contributed by atoms with Gasteiger partial charge in [0.05, 0.1) is 17.1 Å². The molecule has 2 aromatic heterocycles. The van der Waals surface area contributed by atoms with Crippen molar-refractivity contribution < 1.29 is 4.79 Å². The van der Waals surface area contributed by atoms with Gasteiger partial charge in [-0.1, -0.05) is 37.3 Å². The minimum absolute atomic E-state index is 0.0730. The van der Waals surface area contributed by atoms with E-state index in [1.165, 1.54) is 6.33 Å². The van der Waals surface area contributed by atoms with E-state index < -0.39 is 5.91 Å². The van der Waals surface area contributed by atoms with Gasteiger partial charge in [-0.15, -0.1) is 0 Å². The molecule has 4 aromatic rings. The number of fused-ring (bicyclic) bond motifs is 1. The number of aromatic nitrogens is 2. The quantitative estimate of drug-likeness (QED) is 0.370. The van der Waals surface area contributed by atoms with Crippen molar-refractivity contribution in [1.82, 2.24) is 9.97 Å². The molecule has 2 aromatic carbocycles. The SMILES string of the molecule is CCC(c1ccccc1)N(N)c1ncnc2c(C(N)=O)cc(-c3ccsc3)cc12. The maximum Gasteiger partial charge on any atom is 0.250 e. The zero-order valence-corrected chi connectivity index (χ0v) is 16.8. The lowest BCUT2D eigenvalue weighted by Crippen LogP contribution is -2.36. The first-order valence-corrected chi connectivity index (χ1v) is 10.2. The second kappa shape index (κ2) is 7.98. The van der Waals surface area contributed by atoms with Gasteiger partial charge in [-0.05, 0) is 52.1 Å². The summed E-state index contributed by atoms with van der Waals surface area (Å²) in [5.74, 6) is 6.60. The predicted octanol–water partition coefficient (Wildman–Crippen LogP) is 4.29. The molecule has 0 radical (unpaired) electrons. The average Bonchev–Trinajstić information content (AvgIpc) is 3.28. The van der Waals surface area contributed by atoms with Crippen LogP contribution in [-0.2, 0) is 0 Å². The molecule has 1 amide bonds. The molecule has 4 N–H and O–H groups in total. The van der Waals surface area contributed by atoms with Crippen LogP contribution >= 0.6 is 11.3 Å². The summed E-state index contributed by atoms with van der Waals surface area (Å²) in [6.45, 7) is 2.08. The van der Waals surface area contributed by atoms with E-state index >= 15 is 0 Å². The predicted molar refractivity (Wildman–Crippen MR) is 118 cm³/mol. The van der Waals surface area contributed by atoms with Crippen molar-refractivity contribution in [3.05, 3.63) is 76.7 Å². The number of benzene rings is 2. The number of carbonyl (C=O) groups is 1. The number of hydrogen-bond donors (Lipinski definition) is 2. The van der Waals surface area contributed by atoms with E-state index in [9.17, 15) is 4.79 Å². The van der Waals surface area contributed by atoms with Gasteiger partial charge in [0.25, 0.3) is 5.91 Å². The summed E-state index contributed by atoms with van der Waals surface area (Å²) in [5, 5.41) is 6.36. The number of carbonyl (C=O) groups excluding carboxylic acids is 1. The lowest BCUT2D eigenvalue weighted by Gasteiger charge is -2.29. The lowest BCUT2D eigenvalue weighted by molar-refractivity contribution is 0.100. The smallest absolute Gasteiger partial charge is 0.250 e. The van der Waals surface area contributed by atoms with Crippen molar-refractivity contribution >= 4 is 34.0 Å². The van der Waals surface area contributed by atoms with Crippen molar-refractivity contribution in [3.63, 3.8) is 0 Å². The van der Waals surface area contributed by atoms with Crippen LogP contribution in [0.25, 0.3) is 22.0 Å². The van der Waals surface area contributed by atoms with Crippen molar-refractivity contribution in [2.24, 2.45) is 11.6 Å². The van der Waals surface area contributed by atoms with Gasteiger partial charge < -0.3 is 5.73 Å². The Morgan fingerprint density at radius 1 is 1.14 bits per heavy atom. The zero-order chi connectivity index (χ0) is 20.4. The molecule has 29 heavy (non-hydrogen) atoms. The number of rotatable bonds is 6. The third-order valence-electron chi connectivity index (χ3n) is 4.99. The monoisotopic (exact) mass is 403 g/mol. The highest BCUT2D eigenvalue weighted by Gasteiger charge is 2.22. The number of hydrogen-bond acceptors (Lipinski definition) is 6. The minimum Gasteiger partial charge on any atom is -0.366 e. The highest BCUT2D eigenvalue weighted by Crippen LogP contribution is 2.34. The highest BCUT2D eigenvalue weighted by atomic mass is 32.1. The zero-order valence-electron chi connectivity index (χ0n) is 15.9. The first-order valence-electron chi connectivity index (χ1n) is 9.30. The third kappa shape index (κ3) is 3.57. The van der Waals surface area contributed by atoms with Gasteiger partial charge in [-0.25, -0.2) is 15.8 Å². The van der Waals surface area contributed by atoms with E-state index in [1.807, 2.05) is 53.2 Å². The summed E-state index contributed by atoms with van der Waals surface area (Å²) in [4.78, 5) is 20.9. The summed E-state index contributed by atoms with van der Waals surface area (Å²) in [5.41, 5.74) is 9.50. The van der Waals surface area contributed by atoms with Crippen LogP contribution in [0.4, 0.5) is 5.82 Å². The number of hydrazine groups is 1. The van der Waals surface area contributed by atoms with Gasteiger partial charge in [-0.3, -0.25) is 9.80 Å². The summed E-state index contributed by atoms with van der Waals surface area (Å²) in [6, 6.07) is 15.7. The van der Waals surface area contributed by atoms with Gasteiger partial charge in [0, 0.05) is 5.39 Å². The minimum atomic E-state index is -0.532. The summed E-state index contributed by atoms with van der Waals surface area (Å²) in [6.07, 6.45) is 2.21. The van der Waals surface area contributed by atoms with E-state index in [1.54, 1.807) is 22.4 Å². The van der Waals surface area contributed by atoms with Crippen LogP contribution in [0.5, 0.6) is 0 Å². The molecule has 146 valence electrons. The molecule has 0 fully saturated rings. The molecule has 0 bridgehead atoms. The Morgan fingerprint density at radius 2 is 1.93 bits per heavy atom. The molecule has 4 rings (SSSR count). The fraction of sp³-hybridized carbons (Fsp3) is 0.136. The van der Waals surface area contributed by atoms with E-state index in [4.69, 9.17) is 11.6 Å². The topological polar surface area (TPSA) is 98.1 Å². The fourth-order valence-electron chi connectivity index (χ4n) is 3.56. The van der Waals surface area contributed by atoms with E-state index in [2.05, 4.69) is 16.9 Å². The Morgan fingerprint density at radius 3 is 2.59 bits per heavy atom. The van der Waals surface area contributed by atoms with Crippen molar-refractivity contribution in [1.29, 1.82) is 0 Å². The summed E-state index contributed by atoms with van der Waals surface area (Å²) in [7, 11) is 0. The molecule has 6 nitrogen and oxygen atoms in total. The van der Waals surface area contributed by atoms with Gasteiger partial charge >= 0.3 is 0 Å². The third-order valence-corrected chi connectivity index (χ3v) is 5.67. The van der Waals surface area contributed by atoms with Crippen molar-refractivity contribution in [2.75, 3.05) is 5.01 Å². The molecule has 1 atom stereocenters. The molecule has 0 saturated carbocycles.